The summed E-state index contributed by atoms with van der Waals surface area (Å²) in [6, 6.07) is 7.32. The summed E-state index contributed by atoms with van der Waals surface area (Å²) >= 11 is 2.28. The quantitative estimate of drug-likeness (QED) is 0.227. The molecule has 4 rings (SSSR count). The molecule has 0 atom stereocenters. The van der Waals surface area contributed by atoms with Crippen LogP contribution in [0.3, 0.4) is 0 Å². The van der Waals surface area contributed by atoms with Gasteiger partial charge < -0.3 is 4.74 Å². The van der Waals surface area contributed by atoms with Gasteiger partial charge in [0.1, 0.15) is 29.7 Å². The molecule has 0 saturated heterocycles. The zero-order chi connectivity index (χ0) is 25.3. The number of nitrogens with zero attached hydrogens (tertiary/aromatic N) is 5. The van der Waals surface area contributed by atoms with Crippen molar-refractivity contribution in [3.05, 3.63) is 93.7 Å². The van der Waals surface area contributed by atoms with Crippen molar-refractivity contribution in [2.24, 2.45) is 0 Å². The third-order valence-corrected chi connectivity index (χ3v) is 5.70. The van der Waals surface area contributed by atoms with Gasteiger partial charge in [0.15, 0.2) is 5.82 Å². The Morgan fingerprint density at radius 2 is 1.80 bits per heavy atom. The second kappa shape index (κ2) is 9.76. The Kier molecular flexibility index (Phi) is 6.93. The molecular formula is C25H22F2IN5O2. The number of aryl methyl sites for hydroxylation is 2. The van der Waals surface area contributed by atoms with Crippen molar-refractivity contribution in [3.63, 3.8) is 0 Å². The fourth-order valence-electron chi connectivity index (χ4n) is 3.45. The fraction of sp³-hybridized carbons (Fsp3) is 0.240. The first kappa shape index (κ1) is 24.8. The van der Waals surface area contributed by atoms with Crippen molar-refractivity contribution >= 4 is 22.6 Å². The van der Waals surface area contributed by atoms with Crippen LogP contribution in [0.4, 0.5) is 8.78 Å². The molecule has 0 saturated carbocycles. The Balaban J connectivity index is 1.67. The minimum Gasteiger partial charge on any atom is -0.487 e. The fourth-order valence-corrected chi connectivity index (χ4v) is 3.71. The first-order valence-electron chi connectivity index (χ1n) is 10.7. The largest absolute Gasteiger partial charge is 0.487 e. The van der Waals surface area contributed by atoms with Gasteiger partial charge in [-0.15, -0.1) is 0 Å². The number of rotatable bonds is 6. The Morgan fingerprint density at radius 3 is 2.49 bits per heavy atom. The van der Waals surface area contributed by atoms with E-state index in [9.17, 15) is 13.6 Å². The Morgan fingerprint density at radius 1 is 1.03 bits per heavy atom. The van der Waals surface area contributed by atoms with Crippen molar-refractivity contribution in [2.75, 3.05) is 0 Å². The molecule has 0 spiro atoms. The van der Waals surface area contributed by atoms with Gasteiger partial charge in [0, 0.05) is 36.3 Å². The zero-order valence-corrected chi connectivity index (χ0v) is 21.7. The topological polar surface area (TPSA) is 82.8 Å². The highest BCUT2D eigenvalue weighted by molar-refractivity contribution is 14.1. The molecule has 0 aliphatic carbocycles. The number of pyridine rings is 3. The molecule has 4 aromatic heterocycles. The van der Waals surface area contributed by atoms with Crippen LogP contribution in [0.5, 0.6) is 5.75 Å². The van der Waals surface area contributed by atoms with Gasteiger partial charge in [-0.2, -0.15) is 0 Å². The van der Waals surface area contributed by atoms with Gasteiger partial charge in [-0.05, 0) is 45.4 Å². The minimum atomic E-state index is -0.811. The van der Waals surface area contributed by atoms with Crippen molar-refractivity contribution < 1.29 is 13.5 Å². The highest BCUT2D eigenvalue weighted by Crippen LogP contribution is 2.29. The molecule has 0 fully saturated rings. The van der Waals surface area contributed by atoms with E-state index in [2.05, 4.69) is 42.5 Å². The summed E-state index contributed by atoms with van der Waals surface area (Å²) in [6.45, 7) is 7.44. The lowest BCUT2D eigenvalue weighted by Gasteiger charge is -2.17. The van der Waals surface area contributed by atoms with Gasteiger partial charge in [-0.1, -0.05) is 22.6 Å². The smallest absolute Gasteiger partial charge is 0.259 e. The Bertz CT molecular complexity index is 1470. The molecule has 0 unspecified atom stereocenters. The predicted molar refractivity (Wildman–Crippen MR) is 136 cm³/mol. The SMILES string of the molecule is Cc1cnc(-c2ccnc(C(C)(C)I)n2)cc1-n1c(C)cc(OCc2ncc(F)cc2F)cc1=O. The molecule has 0 bridgehead atoms. The average Bonchev–Trinajstić information content (AvgIpc) is 2.79. The van der Waals surface area contributed by atoms with Crippen LogP contribution in [0.25, 0.3) is 17.1 Å². The zero-order valence-electron chi connectivity index (χ0n) is 19.5. The molecule has 35 heavy (non-hydrogen) atoms. The van der Waals surface area contributed by atoms with E-state index in [4.69, 9.17) is 4.74 Å². The number of halogens is 3. The molecule has 10 heteroatoms. The number of hydrogen-bond donors (Lipinski definition) is 0. The second-order valence-electron chi connectivity index (χ2n) is 8.47. The van der Waals surface area contributed by atoms with Crippen LogP contribution >= 0.6 is 22.6 Å². The van der Waals surface area contributed by atoms with Crippen LogP contribution < -0.4 is 10.3 Å². The van der Waals surface area contributed by atoms with Crippen LogP contribution in [-0.4, -0.2) is 24.5 Å². The Labute approximate surface area is 214 Å². The standard InChI is InChI=1S/C25H22F2IN5O2/c1-14-11-30-20(19-5-6-29-24(32-19)25(3,4)28)10-22(14)33-15(2)7-17(9-23(33)34)35-13-21-18(27)8-16(26)12-31-21/h5-12H,13H2,1-4H3. The van der Waals surface area contributed by atoms with Gasteiger partial charge in [0.2, 0.25) is 0 Å². The van der Waals surface area contributed by atoms with Crippen molar-refractivity contribution in [3.8, 4) is 22.8 Å². The summed E-state index contributed by atoms with van der Waals surface area (Å²) in [7, 11) is 0. The molecule has 180 valence electrons. The number of alkyl halides is 1. The molecule has 0 N–H and O–H groups in total. The van der Waals surface area contributed by atoms with Crippen LogP contribution in [0.2, 0.25) is 0 Å². The normalized spacial score (nSPS) is 11.5. The van der Waals surface area contributed by atoms with Gasteiger partial charge in [-0.25, -0.2) is 18.7 Å². The van der Waals surface area contributed by atoms with E-state index in [1.807, 2.05) is 26.8 Å². The third kappa shape index (κ3) is 5.53. The molecule has 0 aromatic carbocycles. The molecule has 7 nitrogen and oxygen atoms in total. The van der Waals surface area contributed by atoms with Crippen LogP contribution in [-0.2, 0) is 10.0 Å². The third-order valence-electron chi connectivity index (χ3n) is 5.21. The van der Waals surface area contributed by atoms with Gasteiger partial charge in [0.05, 0.1) is 26.7 Å². The maximum Gasteiger partial charge on any atom is 0.259 e. The van der Waals surface area contributed by atoms with E-state index in [0.717, 1.165) is 17.8 Å². The molecule has 4 aromatic rings. The summed E-state index contributed by atoms with van der Waals surface area (Å²) < 4.78 is 33.8. The molecule has 4 heterocycles. The predicted octanol–water partition coefficient (Wildman–Crippen LogP) is 5.23. The van der Waals surface area contributed by atoms with Crippen molar-refractivity contribution in [1.82, 2.24) is 24.5 Å². The lowest BCUT2D eigenvalue weighted by atomic mass is 10.1. The van der Waals surface area contributed by atoms with E-state index in [-0.39, 0.29) is 27.0 Å². The minimum absolute atomic E-state index is 0.0539. The molecule has 0 aliphatic heterocycles. The summed E-state index contributed by atoms with van der Waals surface area (Å²) in [5.74, 6) is -0.644. The van der Waals surface area contributed by atoms with Crippen LogP contribution in [0, 0.1) is 25.5 Å². The lowest BCUT2D eigenvalue weighted by molar-refractivity contribution is 0.292. The molecule has 0 aliphatic rings. The van der Waals surface area contributed by atoms with Crippen molar-refractivity contribution in [1.29, 1.82) is 0 Å². The van der Waals surface area contributed by atoms with E-state index >= 15 is 0 Å². The van der Waals surface area contributed by atoms with E-state index in [1.54, 1.807) is 36.0 Å². The summed E-state index contributed by atoms with van der Waals surface area (Å²) in [5.41, 5.74) is 2.95. The number of aromatic nitrogens is 5. The maximum atomic E-state index is 13.8. The van der Waals surface area contributed by atoms with Crippen LogP contribution in [0.15, 0.2) is 53.7 Å². The second-order valence-corrected chi connectivity index (χ2v) is 11.2. The Hall–Kier alpha value is -3.28. The van der Waals surface area contributed by atoms with Crippen LogP contribution in [0.1, 0.15) is 36.6 Å². The first-order chi connectivity index (χ1) is 16.5. The van der Waals surface area contributed by atoms with E-state index in [0.29, 0.717) is 28.6 Å². The van der Waals surface area contributed by atoms with Crippen molar-refractivity contribution in [2.45, 2.75) is 37.7 Å². The van der Waals surface area contributed by atoms with Gasteiger partial charge in [0.25, 0.3) is 5.56 Å². The summed E-state index contributed by atoms with van der Waals surface area (Å²) in [6.07, 6.45) is 4.30. The molecule has 0 amide bonds. The highest BCUT2D eigenvalue weighted by Gasteiger charge is 2.20. The van der Waals surface area contributed by atoms with E-state index in [1.165, 1.54) is 6.07 Å². The summed E-state index contributed by atoms with van der Waals surface area (Å²) in [5, 5.41) is 0. The monoisotopic (exact) mass is 589 g/mol. The average molecular weight is 589 g/mol. The molecule has 0 radical (unpaired) electrons. The first-order valence-corrected chi connectivity index (χ1v) is 11.8. The van der Waals surface area contributed by atoms with Gasteiger partial charge in [-0.3, -0.25) is 19.3 Å². The lowest BCUT2D eigenvalue weighted by Crippen LogP contribution is -2.21. The van der Waals surface area contributed by atoms with Gasteiger partial charge >= 0.3 is 0 Å². The highest BCUT2D eigenvalue weighted by atomic mass is 127. The number of hydrogen-bond acceptors (Lipinski definition) is 6. The van der Waals surface area contributed by atoms with E-state index < -0.39 is 11.6 Å². The summed E-state index contributed by atoms with van der Waals surface area (Å²) in [4.78, 5) is 30.3. The molecular weight excluding hydrogens is 567 g/mol. The maximum absolute atomic E-state index is 13.8. The number of ether oxygens (including phenoxy) is 1.